The smallest absolute Gasteiger partial charge is 0.326 e. The number of carbonyl (C=O) groups excluding carboxylic acids is 2. The van der Waals surface area contributed by atoms with E-state index in [1.54, 1.807) is 36.2 Å². The van der Waals surface area contributed by atoms with Crippen LogP contribution in [0.4, 0.5) is 0 Å². The zero-order chi connectivity index (χ0) is 23.8. The first-order chi connectivity index (χ1) is 15.8. The van der Waals surface area contributed by atoms with E-state index in [0.29, 0.717) is 31.4 Å². The lowest BCUT2D eigenvalue weighted by Crippen LogP contribution is -2.51. The molecule has 1 aliphatic rings. The number of aliphatic hydroxyl groups excluding tert-OH is 1. The van der Waals surface area contributed by atoms with E-state index in [2.05, 4.69) is 5.32 Å². The molecular formula is C25H31N3O5. The van der Waals surface area contributed by atoms with Crippen molar-refractivity contribution in [3.05, 3.63) is 71.8 Å². The van der Waals surface area contributed by atoms with Crippen LogP contribution < -0.4 is 5.32 Å². The van der Waals surface area contributed by atoms with Crippen LogP contribution in [0, 0.1) is 0 Å². The number of likely N-dealkylation sites (tertiary alicyclic amines) is 1. The summed E-state index contributed by atoms with van der Waals surface area (Å²) in [6, 6.07) is 17.0. The third kappa shape index (κ3) is 6.87. The number of aliphatic hydroxyl groups is 1. The van der Waals surface area contributed by atoms with Gasteiger partial charge in [-0.15, -0.1) is 0 Å². The SMILES string of the molecule is CN(CC(=O)N1CCC[C@H]1C(=O)O)C[C@H](O)C(Cc1ccccc1)NC(=O)c1ccccc1. The summed E-state index contributed by atoms with van der Waals surface area (Å²) < 4.78 is 0. The van der Waals surface area contributed by atoms with Gasteiger partial charge in [-0.3, -0.25) is 14.5 Å². The summed E-state index contributed by atoms with van der Waals surface area (Å²) in [5.74, 6) is -1.55. The van der Waals surface area contributed by atoms with Crippen molar-refractivity contribution in [2.45, 2.75) is 37.5 Å². The molecule has 8 heteroatoms. The molecule has 0 bridgehead atoms. The summed E-state index contributed by atoms with van der Waals surface area (Å²) in [5.41, 5.74) is 1.47. The first-order valence-electron chi connectivity index (χ1n) is 11.1. The minimum absolute atomic E-state index is 0.00840. The van der Waals surface area contributed by atoms with Crippen LogP contribution in [0.5, 0.6) is 0 Å². The number of carbonyl (C=O) groups is 3. The van der Waals surface area contributed by atoms with Gasteiger partial charge < -0.3 is 20.4 Å². The van der Waals surface area contributed by atoms with Crippen molar-refractivity contribution in [3.8, 4) is 0 Å². The van der Waals surface area contributed by atoms with Crippen molar-refractivity contribution in [1.29, 1.82) is 0 Å². The predicted molar refractivity (Wildman–Crippen MR) is 124 cm³/mol. The van der Waals surface area contributed by atoms with E-state index >= 15 is 0 Å². The van der Waals surface area contributed by atoms with Gasteiger partial charge in [-0.05, 0) is 44.0 Å². The Morgan fingerprint density at radius 1 is 1.09 bits per heavy atom. The van der Waals surface area contributed by atoms with Crippen molar-refractivity contribution in [2.75, 3.05) is 26.7 Å². The molecule has 2 aromatic carbocycles. The fraction of sp³-hybridized carbons (Fsp3) is 0.400. The van der Waals surface area contributed by atoms with Gasteiger partial charge in [0.15, 0.2) is 0 Å². The molecule has 1 heterocycles. The van der Waals surface area contributed by atoms with Gasteiger partial charge in [0, 0.05) is 18.7 Å². The second-order valence-corrected chi connectivity index (χ2v) is 8.48. The lowest BCUT2D eigenvalue weighted by molar-refractivity contribution is -0.148. The van der Waals surface area contributed by atoms with Crippen LogP contribution in [-0.4, -0.2) is 82.7 Å². The summed E-state index contributed by atoms with van der Waals surface area (Å²) in [4.78, 5) is 39.8. The highest BCUT2D eigenvalue weighted by molar-refractivity contribution is 5.94. The number of aliphatic carboxylic acids is 1. The first kappa shape index (κ1) is 24.4. The van der Waals surface area contributed by atoms with Crippen LogP contribution >= 0.6 is 0 Å². The standard InChI is InChI=1S/C25H31N3O5/c1-27(17-23(30)28-14-8-13-21(28)25(32)33)16-22(29)20(15-18-9-4-2-5-10-18)26-24(31)19-11-6-3-7-12-19/h2-7,9-12,20-22,29H,8,13-17H2,1H3,(H,26,31)(H,32,33)/t20?,21-,22-/m0/s1. The van der Waals surface area contributed by atoms with E-state index in [9.17, 15) is 24.6 Å². The van der Waals surface area contributed by atoms with Crippen LogP contribution in [0.1, 0.15) is 28.8 Å². The normalized spacial score (nSPS) is 17.5. The highest BCUT2D eigenvalue weighted by Gasteiger charge is 2.34. The maximum Gasteiger partial charge on any atom is 0.326 e. The summed E-state index contributed by atoms with van der Waals surface area (Å²) in [6.07, 6.45) is 0.609. The number of nitrogens with zero attached hydrogens (tertiary/aromatic N) is 2. The zero-order valence-corrected chi connectivity index (χ0v) is 18.8. The van der Waals surface area contributed by atoms with Crippen LogP contribution in [0.3, 0.4) is 0 Å². The van der Waals surface area contributed by atoms with Crippen molar-refractivity contribution >= 4 is 17.8 Å². The van der Waals surface area contributed by atoms with E-state index in [-0.39, 0.29) is 24.9 Å². The summed E-state index contributed by atoms with van der Waals surface area (Å²) in [6.45, 7) is 0.561. The van der Waals surface area contributed by atoms with Gasteiger partial charge in [0.1, 0.15) is 6.04 Å². The van der Waals surface area contributed by atoms with Gasteiger partial charge in [-0.2, -0.15) is 0 Å². The Morgan fingerprint density at radius 2 is 1.73 bits per heavy atom. The Morgan fingerprint density at radius 3 is 2.36 bits per heavy atom. The molecule has 3 rings (SSSR count). The van der Waals surface area contributed by atoms with Crippen molar-refractivity contribution in [2.24, 2.45) is 0 Å². The molecule has 1 unspecified atom stereocenters. The molecule has 0 aliphatic carbocycles. The molecule has 1 fully saturated rings. The zero-order valence-electron chi connectivity index (χ0n) is 18.8. The fourth-order valence-electron chi connectivity index (χ4n) is 4.15. The lowest BCUT2D eigenvalue weighted by atomic mass is 10.00. The topological polar surface area (TPSA) is 110 Å². The van der Waals surface area contributed by atoms with Crippen molar-refractivity contribution in [1.82, 2.24) is 15.1 Å². The average Bonchev–Trinajstić information content (AvgIpc) is 3.30. The Bertz CT molecular complexity index is 938. The molecule has 0 spiro atoms. The lowest BCUT2D eigenvalue weighted by Gasteiger charge is -2.29. The van der Waals surface area contributed by atoms with Crippen LogP contribution in [0.2, 0.25) is 0 Å². The molecular weight excluding hydrogens is 422 g/mol. The molecule has 1 saturated heterocycles. The van der Waals surface area contributed by atoms with Crippen LogP contribution in [-0.2, 0) is 16.0 Å². The van der Waals surface area contributed by atoms with Gasteiger partial charge in [0.05, 0.1) is 18.7 Å². The van der Waals surface area contributed by atoms with Gasteiger partial charge in [0.2, 0.25) is 5.91 Å². The van der Waals surface area contributed by atoms with Gasteiger partial charge in [0.25, 0.3) is 5.91 Å². The number of carboxylic acid groups (broad SMARTS) is 1. The van der Waals surface area contributed by atoms with Gasteiger partial charge >= 0.3 is 5.97 Å². The maximum atomic E-state index is 12.7. The minimum Gasteiger partial charge on any atom is -0.480 e. The molecule has 1 aliphatic heterocycles. The molecule has 0 saturated carbocycles. The molecule has 3 atom stereocenters. The number of hydrogen-bond acceptors (Lipinski definition) is 5. The first-order valence-corrected chi connectivity index (χ1v) is 11.1. The highest BCUT2D eigenvalue weighted by atomic mass is 16.4. The Labute approximate surface area is 193 Å². The van der Waals surface area contributed by atoms with E-state index in [1.165, 1.54) is 4.90 Å². The highest BCUT2D eigenvalue weighted by Crippen LogP contribution is 2.18. The summed E-state index contributed by atoms with van der Waals surface area (Å²) in [5, 5.41) is 23.2. The summed E-state index contributed by atoms with van der Waals surface area (Å²) in [7, 11) is 1.70. The van der Waals surface area contributed by atoms with Crippen LogP contribution in [0.15, 0.2) is 60.7 Å². The van der Waals surface area contributed by atoms with Gasteiger partial charge in [-0.1, -0.05) is 48.5 Å². The van der Waals surface area contributed by atoms with Gasteiger partial charge in [-0.25, -0.2) is 4.79 Å². The Balaban J connectivity index is 1.64. The quantitative estimate of drug-likeness (QED) is 0.502. The van der Waals surface area contributed by atoms with E-state index in [1.807, 2.05) is 36.4 Å². The third-order valence-corrected chi connectivity index (χ3v) is 5.88. The average molecular weight is 454 g/mol. The number of carboxylic acids is 1. The van der Waals surface area contributed by atoms with Crippen molar-refractivity contribution < 1.29 is 24.6 Å². The molecule has 0 radical (unpaired) electrons. The van der Waals surface area contributed by atoms with Crippen molar-refractivity contribution in [3.63, 3.8) is 0 Å². The number of rotatable bonds is 10. The molecule has 2 aromatic rings. The molecule has 0 aromatic heterocycles. The number of hydrogen-bond donors (Lipinski definition) is 3. The third-order valence-electron chi connectivity index (χ3n) is 5.88. The molecule has 33 heavy (non-hydrogen) atoms. The number of nitrogens with one attached hydrogen (secondary N) is 1. The Hall–Kier alpha value is -3.23. The van der Waals surface area contributed by atoms with E-state index < -0.39 is 24.2 Å². The predicted octanol–water partition coefficient (Wildman–Crippen LogP) is 1.40. The fourth-order valence-corrected chi connectivity index (χ4v) is 4.15. The summed E-state index contributed by atoms with van der Waals surface area (Å²) >= 11 is 0. The monoisotopic (exact) mass is 453 g/mol. The molecule has 3 N–H and O–H groups in total. The number of amides is 2. The number of likely N-dealkylation sites (N-methyl/N-ethyl adjacent to an activating group) is 1. The molecule has 8 nitrogen and oxygen atoms in total. The van der Waals surface area contributed by atoms with E-state index in [4.69, 9.17) is 0 Å². The van der Waals surface area contributed by atoms with Crippen LogP contribution in [0.25, 0.3) is 0 Å². The van der Waals surface area contributed by atoms with E-state index in [0.717, 1.165) is 5.56 Å². The second-order valence-electron chi connectivity index (χ2n) is 8.48. The largest absolute Gasteiger partial charge is 0.480 e. The maximum absolute atomic E-state index is 12.7. The Kier molecular flexibility index (Phi) is 8.57. The second kappa shape index (κ2) is 11.6. The molecule has 2 amide bonds. The number of benzene rings is 2. The molecule has 176 valence electrons. The minimum atomic E-state index is -0.991.